The van der Waals surface area contributed by atoms with E-state index in [1.54, 1.807) is 0 Å². The Morgan fingerprint density at radius 3 is 2.80 bits per heavy atom. The number of benzene rings is 2. The van der Waals surface area contributed by atoms with E-state index in [4.69, 9.17) is 9.47 Å². The van der Waals surface area contributed by atoms with Gasteiger partial charge >= 0.3 is 0 Å². The molecule has 2 aromatic carbocycles. The van der Waals surface area contributed by atoms with Gasteiger partial charge in [0.2, 0.25) is 0 Å². The van der Waals surface area contributed by atoms with Crippen molar-refractivity contribution in [3.05, 3.63) is 59.7 Å². The third kappa shape index (κ3) is 2.94. The number of fused-ring (bicyclic) bond motifs is 1. The van der Waals surface area contributed by atoms with Crippen LogP contribution in [-0.4, -0.2) is 18.2 Å². The fourth-order valence-corrected chi connectivity index (χ4v) is 2.47. The molecule has 1 aliphatic heterocycles. The van der Waals surface area contributed by atoms with Crippen LogP contribution in [0.3, 0.4) is 0 Å². The van der Waals surface area contributed by atoms with Crippen molar-refractivity contribution in [2.24, 2.45) is 0 Å². The summed E-state index contributed by atoms with van der Waals surface area (Å²) >= 11 is 0. The summed E-state index contributed by atoms with van der Waals surface area (Å²) in [6.45, 7) is 5.12. The van der Waals surface area contributed by atoms with E-state index < -0.39 is 0 Å². The van der Waals surface area contributed by atoms with Gasteiger partial charge in [0.1, 0.15) is 18.2 Å². The molecule has 0 spiro atoms. The third-order valence-electron chi connectivity index (χ3n) is 3.39. The Hall–Kier alpha value is -2.00. The van der Waals surface area contributed by atoms with Crippen LogP contribution in [0.1, 0.15) is 18.1 Å². The van der Waals surface area contributed by atoms with Crippen LogP contribution < -0.4 is 9.47 Å². The summed E-state index contributed by atoms with van der Waals surface area (Å²) in [5, 5.41) is 0. The molecular formula is C17H19NO2. The summed E-state index contributed by atoms with van der Waals surface area (Å²) in [4.78, 5) is 2.29. The Balaban J connectivity index is 1.72. The molecule has 20 heavy (non-hydrogen) atoms. The SMILES string of the molecule is CCOc1ccc2c(c1)CN(Cc1ccccc1)CO2. The van der Waals surface area contributed by atoms with Crippen molar-refractivity contribution < 1.29 is 9.47 Å². The van der Waals surface area contributed by atoms with E-state index in [0.717, 1.165) is 24.6 Å². The van der Waals surface area contributed by atoms with Crippen LogP contribution in [0.4, 0.5) is 0 Å². The summed E-state index contributed by atoms with van der Waals surface area (Å²) in [5.74, 6) is 1.88. The zero-order chi connectivity index (χ0) is 13.8. The number of hydrogen-bond acceptors (Lipinski definition) is 3. The maximum absolute atomic E-state index is 5.81. The van der Waals surface area contributed by atoms with Gasteiger partial charge in [0.25, 0.3) is 0 Å². The molecule has 0 unspecified atom stereocenters. The normalized spacial score (nSPS) is 14.4. The molecule has 0 amide bonds. The lowest BCUT2D eigenvalue weighted by Gasteiger charge is -2.29. The third-order valence-corrected chi connectivity index (χ3v) is 3.39. The first-order valence-corrected chi connectivity index (χ1v) is 7.00. The van der Waals surface area contributed by atoms with Crippen molar-refractivity contribution in [3.8, 4) is 11.5 Å². The number of rotatable bonds is 4. The van der Waals surface area contributed by atoms with Crippen molar-refractivity contribution >= 4 is 0 Å². The fraction of sp³-hybridized carbons (Fsp3) is 0.294. The zero-order valence-electron chi connectivity index (χ0n) is 11.7. The molecule has 0 bridgehead atoms. The highest BCUT2D eigenvalue weighted by atomic mass is 16.5. The first kappa shape index (κ1) is 13.0. The number of ether oxygens (including phenoxy) is 2. The maximum atomic E-state index is 5.81. The first-order valence-electron chi connectivity index (χ1n) is 7.00. The lowest BCUT2D eigenvalue weighted by molar-refractivity contribution is 0.0884. The molecule has 0 fully saturated rings. The van der Waals surface area contributed by atoms with Crippen LogP contribution in [0.2, 0.25) is 0 Å². The van der Waals surface area contributed by atoms with E-state index in [-0.39, 0.29) is 0 Å². The Morgan fingerprint density at radius 1 is 1.15 bits per heavy atom. The van der Waals surface area contributed by atoms with E-state index in [1.165, 1.54) is 11.1 Å². The Labute approximate surface area is 119 Å². The van der Waals surface area contributed by atoms with Gasteiger partial charge in [0, 0.05) is 18.7 Å². The van der Waals surface area contributed by atoms with Gasteiger partial charge in [-0.3, -0.25) is 4.90 Å². The quantitative estimate of drug-likeness (QED) is 0.848. The molecule has 2 aromatic rings. The maximum Gasteiger partial charge on any atom is 0.142 e. The lowest BCUT2D eigenvalue weighted by Crippen LogP contribution is -2.31. The summed E-state index contributed by atoms with van der Waals surface area (Å²) < 4.78 is 11.4. The Kier molecular flexibility index (Phi) is 3.88. The molecule has 1 aliphatic rings. The molecule has 1 heterocycles. The highest BCUT2D eigenvalue weighted by molar-refractivity contribution is 5.41. The predicted octanol–water partition coefficient (Wildman–Crippen LogP) is 3.44. The van der Waals surface area contributed by atoms with Gasteiger partial charge in [0.05, 0.1) is 6.61 Å². The highest BCUT2D eigenvalue weighted by Gasteiger charge is 2.17. The molecule has 0 atom stereocenters. The number of hydrogen-bond donors (Lipinski definition) is 0. The van der Waals surface area contributed by atoms with Gasteiger partial charge in [0.15, 0.2) is 0 Å². The van der Waals surface area contributed by atoms with Gasteiger partial charge in [-0.05, 0) is 30.7 Å². The van der Waals surface area contributed by atoms with E-state index in [0.29, 0.717) is 13.3 Å². The second-order valence-corrected chi connectivity index (χ2v) is 4.95. The molecule has 3 heteroatoms. The van der Waals surface area contributed by atoms with Crippen molar-refractivity contribution in [1.82, 2.24) is 4.90 Å². The van der Waals surface area contributed by atoms with Gasteiger partial charge in [-0.2, -0.15) is 0 Å². The van der Waals surface area contributed by atoms with Gasteiger partial charge < -0.3 is 9.47 Å². The van der Waals surface area contributed by atoms with Crippen LogP contribution in [0.25, 0.3) is 0 Å². The highest BCUT2D eigenvalue weighted by Crippen LogP contribution is 2.29. The molecule has 0 radical (unpaired) electrons. The fourth-order valence-electron chi connectivity index (χ4n) is 2.47. The van der Waals surface area contributed by atoms with E-state index in [2.05, 4.69) is 35.2 Å². The molecule has 3 nitrogen and oxygen atoms in total. The lowest BCUT2D eigenvalue weighted by atomic mass is 10.1. The summed E-state index contributed by atoms with van der Waals surface area (Å²) in [6.07, 6.45) is 0. The van der Waals surface area contributed by atoms with Crippen molar-refractivity contribution in [2.45, 2.75) is 20.0 Å². The average molecular weight is 269 g/mol. The molecular weight excluding hydrogens is 250 g/mol. The predicted molar refractivity (Wildman–Crippen MR) is 78.8 cm³/mol. The minimum atomic E-state index is 0.635. The molecule has 3 rings (SSSR count). The summed E-state index contributed by atoms with van der Waals surface area (Å²) in [5.41, 5.74) is 2.50. The smallest absolute Gasteiger partial charge is 0.142 e. The van der Waals surface area contributed by atoms with Gasteiger partial charge in [-0.25, -0.2) is 0 Å². The van der Waals surface area contributed by atoms with Crippen molar-refractivity contribution in [1.29, 1.82) is 0 Å². The molecule has 104 valence electrons. The summed E-state index contributed by atoms with van der Waals surface area (Å²) in [6, 6.07) is 16.5. The molecule has 0 aliphatic carbocycles. The number of nitrogens with zero attached hydrogens (tertiary/aromatic N) is 1. The summed E-state index contributed by atoms with van der Waals surface area (Å²) in [7, 11) is 0. The van der Waals surface area contributed by atoms with Crippen LogP contribution in [0.5, 0.6) is 11.5 Å². The average Bonchev–Trinajstić information content (AvgIpc) is 2.48. The molecule has 0 N–H and O–H groups in total. The Bertz CT molecular complexity index is 568. The molecule has 0 saturated carbocycles. The van der Waals surface area contributed by atoms with Crippen LogP contribution in [-0.2, 0) is 13.1 Å². The van der Waals surface area contributed by atoms with E-state index in [9.17, 15) is 0 Å². The molecule has 0 saturated heterocycles. The van der Waals surface area contributed by atoms with Crippen LogP contribution in [0, 0.1) is 0 Å². The van der Waals surface area contributed by atoms with Crippen LogP contribution >= 0.6 is 0 Å². The van der Waals surface area contributed by atoms with Gasteiger partial charge in [-0.15, -0.1) is 0 Å². The standard InChI is InChI=1S/C17H19NO2/c1-2-19-16-8-9-17-15(10-16)12-18(13-20-17)11-14-6-4-3-5-7-14/h3-10H,2,11-13H2,1H3. The largest absolute Gasteiger partial charge is 0.494 e. The molecule has 0 aromatic heterocycles. The topological polar surface area (TPSA) is 21.7 Å². The van der Waals surface area contributed by atoms with Crippen molar-refractivity contribution in [3.63, 3.8) is 0 Å². The second-order valence-electron chi connectivity index (χ2n) is 4.95. The Morgan fingerprint density at radius 2 is 2.00 bits per heavy atom. The monoisotopic (exact) mass is 269 g/mol. The first-order chi connectivity index (χ1) is 9.85. The van der Waals surface area contributed by atoms with E-state index >= 15 is 0 Å². The van der Waals surface area contributed by atoms with Gasteiger partial charge in [-0.1, -0.05) is 30.3 Å². The van der Waals surface area contributed by atoms with Crippen LogP contribution in [0.15, 0.2) is 48.5 Å². The van der Waals surface area contributed by atoms with Crippen molar-refractivity contribution in [2.75, 3.05) is 13.3 Å². The zero-order valence-corrected chi connectivity index (χ0v) is 11.7. The second kappa shape index (κ2) is 5.97. The minimum absolute atomic E-state index is 0.635. The van der Waals surface area contributed by atoms with E-state index in [1.807, 2.05) is 25.1 Å². The minimum Gasteiger partial charge on any atom is -0.494 e.